The van der Waals surface area contributed by atoms with E-state index in [9.17, 15) is 0 Å². The Balaban J connectivity index is 2.17. The number of halogens is 2. The minimum absolute atomic E-state index is 0.520. The van der Waals surface area contributed by atoms with Gasteiger partial charge in [0.1, 0.15) is 0 Å². The number of rotatable bonds is 5. The van der Waals surface area contributed by atoms with Crippen LogP contribution < -0.4 is 5.32 Å². The summed E-state index contributed by atoms with van der Waals surface area (Å²) in [4.78, 5) is 0. The molecule has 1 N–H and O–H groups in total. The predicted molar refractivity (Wildman–Crippen MR) is 80.2 cm³/mol. The molecule has 1 fully saturated rings. The normalized spacial score (nSPS) is 17.8. The van der Waals surface area contributed by atoms with Crippen LogP contribution in [0.5, 0.6) is 0 Å². The lowest BCUT2D eigenvalue weighted by atomic mass is 9.77. The molecule has 0 saturated heterocycles. The summed E-state index contributed by atoms with van der Waals surface area (Å²) in [6.45, 7) is 3.32. The van der Waals surface area contributed by atoms with Gasteiger partial charge in [-0.3, -0.25) is 0 Å². The van der Waals surface area contributed by atoms with Crippen LogP contribution in [0.1, 0.15) is 44.2 Å². The second kappa shape index (κ2) is 6.35. The summed E-state index contributed by atoms with van der Waals surface area (Å²) in [6.07, 6.45) is 5.31. The van der Waals surface area contributed by atoms with Gasteiger partial charge >= 0.3 is 0 Å². The van der Waals surface area contributed by atoms with Crippen molar-refractivity contribution in [1.29, 1.82) is 0 Å². The average molecular weight is 361 g/mol. The summed E-state index contributed by atoms with van der Waals surface area (Å²) in [7, 11) is 0. The molecule has 0 aliphatic heterocycles. The summed E-state index contributed by atoms with van der Waals surface area (Å²) in [5.74, 6) is 0.819. The van der Waals surface area contributed by atoms with Crippen molar-refractivity contribution in [3.63, 3.8) is 0 Å². The van der Waals surface area contributed by atoms with E-state index in [4.69, 9.17) is 0 Å². The highest BCUT2D eigenvalue weighted by molar-refractivity contribution is 9.11. The SMILES string of the molecule is CCCNC(c1ccc(Br)cc1Br)C1CCC1. The van der Waals surface area contributed by atoms with E-state index in [0.717, 1.165) is 16.9 Å². The molecule has 17 heavy (non-hydrogen) atoms. The van der Waals surface area contributed by atoms with Crippen LogP contribution in [0.4, 0.5) is 0 Å². The molecule has 1 aliphatic rings. The Bertz CT molecular complexity index is 374. The van der Waals surface area contributed by atoms with Gasteiger partial charge in [-0.15, -0.1) is 0 Å². The van der Waals surface area contributed by atoms with Crippen LogP contribution in [0, 0.1) is 5.92 Å². The van der Waals surface area contributed by atoms with Crippen LogP contribution in [0.15, 0.2) is 27.1 Å². The Morgan fingerprint density at radius 2 is 2.12 bits per heavy atom. The molecule has 2 rings (SSSR count). The van der Waals surface area contributed by atoms with Gasteiger partial charge in [0.25, 0.3) is 0 Å². The van der Waals surface area contributed by atoms with Crippen molar-refractivity contribution in [3.05, 3.63) is 32.7 Å². The maximum Gasteiger partial charge on any atom is 0.0359 e. The molecule has 94 valence electrons. The Kier molecular flexibility index (Phi) is 5.07. The van der Waals surface area contributed by atoms with Gasteiger partial charge < -0.3 is 5.32 Å². The minimum atomic E-state index is 0.520. The number of hydrogen-bond acceptors (Lipinski definition) is 1. The van der Waals surface area contributed by atoms with Crippen molar-refractivity contribution in [2.75, 3.05) is 6.54 Å². The zero-order valence-electron chi connectivity index (χ0n) is 10.2. The van der Waals surface area contributed by atoms with Gasteiger partial charge in [0.15, 0.2) is 0 Å². The minimum Gasteiger partial charge on any atom is -0.310 e. The summed E-state index contributed by atoms with van der Waals surface area (Å²) in [6, 6.07) is 7.04. The molecule has 0 aromatic heterocycles. The Hall–Kier alpha value is 0.140. The van der Waals surface area contributed by atoms with Crippen molar-refractivity contribution < 1.29 is 0 Å². The second-order valence-corrected chi connectivity index (χ2v) is 6.56. The number of nitrogens with one attached hydrogen (secondary N) is 1. The maximum atomic E-state index is 3.70. The number of benzene rings is 1. The Morgan fingerprint density at radius 1 is 1.35 bits per heavy atom. The lowest BCUT2D eigenvalue weighted by Crippen LogP contribution is -2.32. The molecule has 1 saturated carbocycles. The first-order valence-corrected chi connectivity index (χ1v) is 7.99. The van der Waals surface area contributed by atoms with Crippen molar-refractivity contribution in [1.82, 2.24) is 5.32 Å². The highest BCUT2D eigenvalue weighted by Crippen LogP contribution is 2.40. The highest BCUT2D eigenvalue weighted by atomic mass is 79.9. The molecule has 0 bridgehead atoms. The van der Waals surface area contributed by atoms with Crippen molar-refractivity contribution >= 4 is 31.9 Å². The molecule has 1 aromatic rings. The lowest BCUT2D eigenvalue weighted by molar-refractivity contribution is 0.230. The Morgan fingerprint density at radius 3 is 2.65 bits per heavy atom. The van der Waals surface area contributed by atoms with Gasteiger partial charge in [0.2, 0.25) is 0 Å². The van der Waals surface area contributed by atoms with Crippen molar-refractivity contribution in [2.45, 2.75) is 38.6 Å². The molecule has 1 atom stereocenters. The second-order valence-electron chi connectivity index (χ2n) is 4.79. The number of hydrogen-bond donors (Lipinski definition) is 1. The van der Waals surface area contributed by atoms with E-state index < -0.39 is 0 Å². The van der Waals surface area contributed by atoms with E-state index in [-0.39, 0.29) is 0 Å². The first-order valence-electron chi connectivity index (χ1n) is 6.40. The zero-order chi connectivity index (χ0) is 12.3. The first-order chi connectivity index (χ1) is 8.22. The first kappa shape index (κ1) is 13.6. The van der Waals surface area contributed by atoms with E-state index in [1.807, 2.05) is 0 Å². The lowest BCUT2D eigenvalue weighted by Gasteiger charge is -2.35. The molecule has 1 unspecified atom stereocenters. The topological polar surface area (TPSA) is 12.0 Å². The van der Waals surface area contributed by atoms with E-state index in [1.54, 1.807) is 0 Å². The maximum absolute atomic E-state index is 3.70. The van der Waals surface area contributed by atoms with E-state index >= 15 is 0 Å². The molecule has 0 radical (unpaired) electrons. The third kappa shape index (κ3) is 3.33. The highest BCUT2D eigenvalue weighted by Gasteiger charge is 2.29. The summed E-state index contributed by atoms with van der Waals surface area (Å²) < 4.78 is 2.35. The largest absolute Gasteiger partial charge is 0.310 e. The van der Waals surface area contributed by atoms with Gasteiger partial charge in [-0.2, -0.15) is 0 Å². The Labute approximate surface area is 121 Å². The van der Waals surface area contributed by atoms with Crippen molar-refractivity contribution in [2.24, 2.45) is 5.92 Å². The van der Waals surface area contributed by atoms with Gasteiger partial charge in [-0.05, 0) is 49.4 Å². The van der Waals surface area contributed by atoms with Gasteiger partial charge in [0, 0.05) is 15.0 Å². The summed E-state index contributed by atoms with van der Waals surface area (Å²) in [5, 5.41) is 3.70. The fraction of sp³-hybridized carbons (Fsp3) is 0.571. The molecule has 0 heterocycles. The third-order valence-electron chi connectivity index (χ3n) is 3.53. The molecular formula is C14H19Br2N. The van der Waals surface area contributed by atoms with E-state index in [0.29, 0.717) is 6.04 Å². The van der Waals surface area contributed by atoms with Crippen LogP contribution in [-0.4, -0.2) is 6.54 Å². The van der Waals surface area contributed by atoms with Gasteiger partial charge in [-0.1, -0.05) is 51.3 Å². The molecule has 0 spiro atoms. The van der Waals surface area contributed by atoms with E-state index in [1.165, 1.54) is 35.7 Å². The third-order valence-corrected chi connectivity index (χ3v) is 4.71. The molecule has 0 amide bonds. The fourth-order valence-electron chi connectivity index (χ4n) is 2.36. The van der Waals surface area contributed by atoms with Crippen LogP contribution >= 0.6 is 31.9 Å². The molecule has 1 aromatic carbocycles. The fourth-order valence-corrected chi connectivity index (χ4v) is 3.65. The quantitative estimate of drug-likeness (QED) is 0.774. The monoisotopic (exact) mass is 359 g/mol. The zero-order valence-corrected chi connectivity index (χ0v) is 13.4. The standard InChI is InChI=1S/C14H19Br2N/c1-2-8-17-14(10-4-3-5-10)12-7-6-11(15)9-13(12)16/h6-7,9-10,14,17H,2-5,8H2,1H3. The molecular weight excluding hydrogens is 342 g/mol. The smallest absolute Gasteiger partial charge is 0.0359 e. The van der Waals surface area contributed by atoms with E-state index in [2.05, 4.69) is 62.3 Å². The van der Waals surface area contributed by atoms with Crippen LogP contribution in [-0.2, 0) is 0 Å². The average Bonchev–Trinajstić information content (AvgIpc) is 2.22. The van der Waals surface area contributed by atoms with Crippen molar-refractivity contribution in [3.8, 4) is 0 Å². The summed E-state index contributed by atoms with van der Waals surface area (Å²) >= 11 is 7.21. The van der Waals surface area contributed by atoms with Gasteiger partial charge in [-0.25, -0.2) is 0 Å². The van der Waals surface area contributed by atoms with Crippen LogP contribution in [0.25, 0.3) is 0 Å². The molecule has 3 heteroatoms. The van der Waals surface area contributed by atoms with Crippen LogP contribution in [0.3, 0.4) is 0 Å². The molecule has 1 nitrogen and oxygen atoms in total. The van der Waals surface area contributed by atoms with Gasteiger partial charge in [0.05, 0.1) is 0 Å². The summed E-state index contributed by atoms with van der Waals surface area (Å²) in [5.41, 5.74) is 1.41. The molecule has 1 aliphatic carbocycles. The van der Waals surface area contributed by atoms with Crippen LogP contribution in [0.2, 0.25) is 0 Å². The predicted octanol–water partition coefficient (Wildman–Crippen LogP) is 5.05.